The zero-order valence-electron chi connectivity index (χ0n) is 13.6. The first kappa shape index (κ1) is 19.3. The second-order valence-corrected chi connectivity index (χ2v) is 6.07. The molecule has 2 aromatic rings. The summed E-state index contributed by atoms with van der Waals surface area (Å²) >= 11 is 0. The van der Waals surface area contributed by atoms with Crippen molar-refractivity contribution in [2.75, 3.05) is 0 Å². The smallest absolute Gasteiger partial charge is 0.276 e. The molecule has 3 N–H and O–H groups in total. The number of carbonyl (C=O) groups is 1. The topological polar surface area (TPSA) is 82.2 Å². The number of halogens is 2. The number of aliphatic imine (C=N–C) groups is 1. The Bertz CT molecular complexity index is 808. The third-order valence-electron chi connectivity index (χ3n) is 4.42. The molecule has 0 aromatic carbocycles. The number of carbonyl (C=O) groups excluding carboxylic acids is 1. The molecule has 1 amide bonds. The number of hydrogen-bond donors (Lipinski definition) is 3. The van der Waals surface area contributed by atoms with Gasteiger partial charge < -0.3 is 10.3 Å². The first-order valence-electron chi connectivity index (χ1n) is 8.10. The Balaban J connectivity index is 0.00000113. The van der Waals surface area contributed by atoms with Gasteiger partial charge in [0.05, 0.1) is 0 Å². The van der Waals surface area contributed by atoms with Crippen molar-refractivity contribution in [2.45, 2.75) is 38.1 Å². The molecular formula is C17H21Cl2N5O. The molecule has 1 aliphatic heterocycles. The van der Waals surface area contributed by atoms with E-state index in [0.717, 1.165) is 29.4 Å². The normalized spacial score (nSPS) is 19.1. The van der Waals surface area contributed by atoms with E-state index in [1.165, 1.54) is 19.3 Å². The number of rotatable bonds is 2. The lowest BCUT2D eigenvalue weighted by Gasteiger charge is -2.23. The number of guanidine groups is 1. The van der Waals surface area contributed by atoms with E-state index in [1.807, 2.05) is 18.3 Å². The average molecular weight is 382 g/mol. The number of nitrogens with one attached hydrogen (secondary N) is 3. The summed E-state index contributed by atoms with van der Waals surface area (Å²) < 4.78 is 0. The maximum Gasteiger partial charge on any atom is 0.276 e. The second-order valence-electron chi connectivity index (χ2n) is 6.07. The van der Waals surface area contributed by atoms with Gasteiger partial charge in [0.15, 0.2) is 0 Å². The average Bonchev–Trinajstić information content (AvgIpc) is 3.13. The van der Waals surface area contributed by atoms with Crippen molar-refractivity contribution >= 4 is 53.8 Å². The quantitative estimate of drug-likeness (QED) is 0.698. The monoisotopic (exact) mass is 381 g/mol. The van der Waals surface area contributed by atoms with Gasteiger partial charge in [-0.25, -0.2) is 9.98 Å². The highest BCUT2D eigenvalue weighted by molar-refractivity contribution is 6.14. The SMILES string of the molecule is Cl.Cl.O=C1NC(NC2CCCCC2)=N/C1=C\c1c[nH]c2ncccc12. The number of fused-ring (bicyclic) bond motifs is 1. The lowest BCUT2D eigenvalue weighted by Crippen LogP contribution is -2.43. The summed E-state index contributed by atoms with van der Waals surface area (Å²) in [6.07, 6.45) is 11.4. The Morgan fingerprint density at radius 1 is 1.20 bits per heavy atom. The Morgan fingerprint density at radius 3 is 2.80 bits per heavy atom. The van der Waals surface area contributed by atoms with Crippen LogP contribution in [-0.2, 0) is 4.79 Å². The molecule has 0 radical (unpaired) electrons. The van der Waals surface area contributed by atoms with Gasteiger partial charge >= 0.3 is 0 Å². The fourth-order valence-corrected chi connectivity index (χ4v) is 3.22. The molecule has 2 aliphatic rings. The third kappa shape index (κ3) is 4.14. The van der Waals surface area contributed by atoms with Gasteiger partial charge in [-0.1, -0.05) is 19.3 Å². The molecule has 2 aromatic heterocycles. The molecule has 0 unspecified atom stereocenters. The minimum Gasteiger partial charge on any atom is -0.353 e. The van der Waals surface area contributed by atoms with Gasteiger partial charge in [0.1, 0.15) is 11.3 Å². The van der Waals surface area contributed by atoms with Crippen molar-refractivity contribution in [2.24, 2.45) is 4.99 Å². The summed E-state index contributed by atoms with van der Waals surface area (Å²) in [6, 6.07) is 4.27. The molecule has 25 heavy (non-hydrogen) atoms. The molecule has 0 spiro atoms. The summed E-state index contributed by atoms with van der Waals surface area (Å²) in [4.78, 5) is 23.9. The van der Waals surface area contributed by atoms with E-state index in [1.54, 1.807) is 12.3 Å². The van der Waals surface area contributed by atoms with Gasteiger partial charge in [-0.15, -0.1) is 24.8 Å². The molecular weight excluding hydrogens is 361 g/mol. The fraction of sp³-hybridized carbons (Fsp3) is 0.353. The Morgan fingerprint density at radius 2 is 2.00 bits per heavy atom. The number of nitrogens with zero attached hydrogens (tertiary/aromatic N) is 2. The van der Waals surface area contributed by atoms with Crippen LogP contribution < -0.4 is 10.6 Å². The van der Waals surface area contributed by atoms with Crippen molar-refractivity contribution in [1.29, 1.82) is 0 Å². The molecule has 1 aliphatic carbocycles. The number of aromatic nitrogens is 2. The number of hydrogen-bond acceptors (Lipinski definition) is 4. The van der Waals surface area contributed by atoms with Gasteiger partial charge in [-0.3, -0.25) is 10.1 Å². The molecule has 1 fully saturated rings. The lowest BCUT2D eigenvalue weighted by molar-refractivity contribution is -0.115. The summed E-state index contributed by atoms with van der Waals surface area (Å²) in [5.74, 6) is 0.410. The highest BCUT2D eigenvalue weighted by Gasteiger charge is 2.23. The lowest BCUT2D eigenvalue weighted by atomic mass is 9.96. The molecule has 8 heteroatoms. The Kier molecular flexibility index (Phi) is 6.45. The third-order valence-corrected chi connectivity index (χ3v) is 4.42. The highest BCUT2D eigenvalue weighted by Crippen LogP contribution is 2.21. The van der Waals surface area contributed by atoms with Crippen molar-refractivity contribution in [1.82, 2.24) is 20.6 Å². The van der Waals surface area contributed by atoms with Crippen molar-refractivity contribution in [3.63, 3.8) is 0 Å². The summed E-state index contributed by atoms with van der Waals surface area (Å²) in [6.45, 7) is 0. The van der Waals surface area contributed by atoms with Crippen LogP contribution in [-0.4, -0.2) is 27.9 Å². The van der Waals surface area contributed by atoms with E-state index in [4.69, 9.17) is 0 Å². The van der Waals surface area contributed by atoms with Crippen LogP contribution in [0.3, 0.4) is 0 Å². The maximum atomic E-state index is 12.1. The molecule has 3 heterocycles. The van der Waals surface area contributed by atoms with Gasteiger partial charge in [-0.05, 0) is 31.1 Å². The zero-order chi connectivity index (χ0) is 15.6. The van der Waals surface area contributed by atoms with Crippen LogP contribution in [0.5, 0.6) is 0 Å². The van der Waals surface area contributed by atoms with Crippen LogP contribution in [0.2, 0.25) is 0 Å². The van der Waals surface area contributed by atoms with Crippen molar-refractivity contribution in [3.05, 3.63) is 35.8 Å². The van der Waals surface area contributed by atoms with E-state index in [0.29, 0.717) is 17.7 Å². The summed E-state index contributed by atoms with van der Waals surface area (Å²) in [7, 11) is 0. The van der Waals surface area contributed by atoms with Gasteiger partial charge in [0.2, 0.25) is 5.96 Å². The molecule has 0 saturated heterocycles. The van der Waals surface area contributed by atoms with Gasteiger partial charge in [0, 0.05) is 29.4 Å². The summed E-state index contributed by atoms with van der Waals surface area (Å²) in [5.41, 5.74) is 2.15. The van der Waals surface area contributed by atoms with Crippen LogP contribution in [0.15, 0.2) is 35.2 Å². The maximum absolute atomic E-state index is 12.1. The van der Waals surface area contributed by atoms with E-state index >= 15 is 0 Å². The number of H-pyrrole nitrogens is 1. The van der Waals surface area contributed by atoms with Crippen LogP contribution >= 0.6 is 24.8 Å². The van der Waals surface area contributed by atoms with Crippen molar-refractivity contribution in [3.8, 4) is 0 Å². The predicted octanol–water partition coefficient (Wildman–Crippen LogP) is 3.16. The minimum absolute atomic E-state index is 0. The largest absolute Gasteiger partial charge is 0.353 e. The molecule has 0 bridgehead atoms. The first-order chi connectivity index (χ1) is 11.3. The van der Waals surface area contributed by atoms with E-state index in [2.05, 4.69) is 25.6 Å². The van der Waals surface area contributed by atoms with Gasteiger partial charge in [0.25, 0.3) is 5.91 Å². The van der Waals surface area contributed by atoms with Crippen LogP contribution in [0.25, 0.3) is 17.1 Å². The highest BCUT2D eigenvalue weighted by atomic mass is 35.5. The molecule has 0 atom stereocenters. The fourth-order valence-electron chi connectivity index (χ4n) is 3.22. The molecule has 134 valence electrons. The Labute approximate surface area is 158 Å². The van der Waals surface area contributed by atoms with E-state index in [9.17, 15) is 4.79 Å². The Hall–Kier alpha value is -2.05. The van der Waals surface area contributed by atoms with Crippen molar-refractivity contribution < 1.29 is 4.79 Å². The molecule has 4 rings (SSSR count). The van der Waals surface area contributed by atoms with Crippen LogP contribution in [0.4, 0.5) is 0 Å². The standard InChI is InChI=1S/C17H19N5O.2ClH/c23-16-14(9-11-10-19-15-13(11)7-4-8-18-15)21-17(22-16)20-12-5-2-1-3-6-12;;/h4,7-10,12H,1-3,5-6H2,(H,18,19)(H2,20,21,22,23);2*1H/b14-9-;;. The number of amides is 1. The molecule has 6 nitrogen and oxygen atoms in total. The second kappa shape index (κ2) is 8.36. The summed E-state index contributed by atoms with van der Waals surface area (Å²) in [5, 5.41) is 7.15. The van der Waals surface area contributed by atoms with E-state index < -0.39 is 0 Å². The van der Waals surface area contributed by atoms with Crippen LogP contribution in [0, 0.1) is 0 Å². The van der Waals surface area contributed by atoms with Gasteiger partial charge in [-0.2, -0.15) is 0 Å². The first-order valence-corrected chi connectivity index (χ1v) is 8.10. The number of aromatic amines is 1. The van der Waals surface area contributed by atoms with Crippen LogP contribution in [0.1, 0.15) is 37.7 Å². The predicted molar refractivity (Wildman–Crippen MR) is 104 cm³/mol. The minimum atomic E-state index is -0.165. The molecule has 1 saturated carbocycles. The van der Waals surface area contributed by atoms with E-state index in [-0.39, 0.29) is 30.7 Å². The number of pyridine rings is 1. The zero-order valence-corrected chi connectivity index (χ0v) is 15.3.